The Morgan fingerprint density at radius 3 is 2.63 bits per heavy atom. The lowest BCUT2D eigenvalue weighted by Crippen LogP contribution is -2.50. The van der Waals surface area contributed by atoms with Crippen LogP contribution >= 0.6 is 0 Å². The molecule has 1 aromatic carbocycles. The van der Waals surface area contributed by atoms with Gasteiger partial charge in [-0.15, -0.1) is 0 Å². The number of amides is 1. The molecule has 8 nitrogen and oxygen atoms in total. The predicted octanol–water partition coefficient (Wildman–Crippen LogP) is 1.62. The van der Waals surface area contributed by atoms with Crippen LogP contribution in [0.3, 0.4) is 0 Å². The van der Waals surface area contributed by atoms with Crippen LogP contribution in [0.1, 0.15) is 37.0 Å². The fraction of sp³-hybridized carbons (Fsp3) is 0.667. The largest absolute Gasteiger partial charge is 0.488 e. The Morgan fingerprint density at radius 1 is 1.33 bits per heavy atom. The molecule has 3 rings (SSSR count). The fourth-order valence-electron chi connectivity index (χ4n) is 3.84. The van der Waals surface area contributed by atoms with Crippen molar-refractivity contribution in [3.8, 4) is 5.75 Å². The maximum absolute atomic E-state index is 13.3. The second-order valence-electron chi connectivity index (χ2n) is 8.87. The third kappa shape index (κ3) is 5.86. The summed E-state index contributed by atoms with van der Waals surface area (Å²) in [5.74, 6) is 0.987. The zero-order valence-electron chi connectivity index (χ0n) is 18.2. The van der Waals surface area contributed by atoms with Gasteiger partial charge in [0.25, 0.3) is 5.91 Å². The van der Waals surface area contributed by atoms with Crippen LogP contribution in [-0.2, 0) is 10.0 Å². The van der Waals surface area contributed by atoms with Crippen LogP contribution in [0.25, 0.3) is 0 Å². The Kier molecular flexibility index (Phi) is 6.94. The first-order valence-electron chi connectivity index (χ1n) is 10.5. The molecule has 0 spiro atoms. The van der Waals surface area contributed by atoms with Crippen LogP contribution in [0.5, 0.6) is 5.75 Å². The number of aliphatic hydroxyl groups excluding tert-OH is 1. The summed E-state index contributed by atoms with van der Waals surface area (Å²) in [6, 6.07) is 4.40. The minimum atomic E-state index is -3.48. The van der Waals surface area contributed by atoms with E-state index in [1.165, 1.54) is 18.9 Å². The van der Waals surface area contributed by atoms with Crippen molar-refractivity contribution in [1.29, 1.82) is 0 Å². The van der Waals surface area contributed by atoms with Crippen molar-refractivity contribution in [2.45, 2.75) is 38.8 Å². The highest BCUT2D eigenvalue weighted by molar-refractivity contribution is 7.92. The molecule has 1 heterocycles. The zero-order chi connectivity index (χ0) is 22.1. The maximum Gasteiger partial charge on any atom is 0.258 e. The van der Waals surface area contributed by atoms with Crippen molar-refractivity contribution in [1.82, 2.24) is 9.80 Å². The lowest BCUT2D eigenvalue weighted by atomic mass is 9.99. The highest BCUT2D eigenvalue weighted by Gasteiger charge is 2.34. The number of hydrogen-bond acceptors (Lipinski definition) is 6. The van der Waals surface area contributed by atoms with Gasteiger partial charge in [-0.2, -0.15) is 0 Å². The number of ether oxygens (including phenoxy) is 1. The number of sulfonamides is 1. The van der Waals surface area contributed by atoms with Gasteiger partial charge in [0.15, 0.2) is 0 Å². The molecule has 9 heteroatoms. The van der Waals surface area contributed by atoms with Gasteiger partial charge < -0.3 is 19.6 Å². The monoisotopic (exact) mass is 439 g/mol. The zero-order valence-corrected chi connectivity index (χ0v) is 19.0. The van der Waals surface area contributed by atoms with Crippen LogP contribution in [0.4, 0.5) is 5.69 Å². The highest BCUT2D eigenvalue weighted by atomic mass is 32.2. The number of anilines is 1. The molecule has 2 N–H and O–H groups in total. The first kappa shape index (κ1) is 22.8. The molecule has 0 bridgehead atoms. The summed E-state index contributed by atoms with van der Waals surface area (Å²) in [5, 5.41) is 9.70. The first-order chi connectivity index (χ1) is 14.1. The fourth-order valence-corrected chi connectivity index (χ4v) is 4.40. The Morgan fingerprint density at radius 2 is 2.03 bits per heavy atom. The van der Waals surface area contributed by atoms with Gasteiger partial charge in [-0.25, -0.2) is 8.42 Å². The number of carbonyl (C=O) groups excluding carboxylic acids is 1. The molecule has 1 amide bonds. The summed E-state index contributed by atoms with van der Waals surface area (Å²) >= 11 is 0. The third-order valence-electron chi connectivity index (χ3n) is 5.73. The molecule has 3 atom stereocenters. The molecular formula is C21H33N3O5S. The molecule has 1 aliphatic carbocycles. The van der Waals surface area contributed by atoms with E-state index in [-0.39, 0.29) is 30.6 Å². The second-order valence-corrected chi connectivity index (χ2v) is 10.6. The van der Waals surface area contributed by atoms with Gasteiger partial charge in [0, 0.05) is 31.2 Å². The van der Waals surface area contributed by atoms with E-state index in [2.05, 4.69) is 23.6 Å². The number of hydrogen-bond donors (Lipinski definition) is 2. The first-order valence-corrected chi connectivity index (χ1v) is 12.4. The Bertz CT molecular complexity index is 871. The van der Waals surface area contributed by atoms with Gasteiger partial charge >= 0.3 is 0 Å². The molecule has 1 saturated carbocycles. The minimum absolute atomic E-state index is 0.0616. The topological polar surface area (TPSA) is 99.2 Å². The number of aliphatic hydroxyl groups is 1. The van der Waals surface area contributed by atoms with E-state index in [9.17, 15) is 18.3 Å². The van der Waals surface area contributed by atoms with Crippen molar-refractivity contribution in [3.05, 3.63) is 23.8 Å². The molecule has 1 aromatic rings. The van der Waals surface area contributed by atoms with Crippen molar-refractivity contribution >= 4 is 21.6 Å². The van der Waals surface area contributed by atoms with Gasteiger partial charge in [-0.05, 0) is 50.9 Å². The number of rotatable bonds is 8. The number of nitrogens with one attached hydrogen (secondary N) is 1. The number of benzene rings is 1. The number of likely N-dealkylation sites (N-methyl/N-ethyl adjacent to an activating group) is 1. The van der Waals surface area contributed by atoms with Crippen molar-refractivity contribution in [2.75, 3.05) is 44.3 Å². The van der Waals surface area contributed by atoms with Crippen LogP contribution < -0.4 is 9.46 Å². The van der Waals surface area contributed by atoms with Gasteiger partial charge in [0.05, 0.1) is 24.5 Å². The summed E-state index contributed by atoms with van der Waals surface area (Å²) in [6.07, 6.45) is 3.49. The van der Waals surface area contributed by atoms with E-state index < -0.39 is 10.0 Å². The lowest BCUT2D eigenvalue weighted by Gasteiger charge is -2.38. The van der Waals surface area contributed by atoms with Crippen molar-refractivity contribution in [2.24, 2.45) is 11.8 Å². The molecular weight excluding hydrogens is 406 g/mol. The SMILES string of the molecule is C[C@@H]1CN([C@H](C)CO)C(=O)c2cc(NS(C)(=O)=O)ccc2O[C@@H]1CN(C)CC1CC1. The second kappa shape index (κ2) is 9.11. The minimum Gasteiger partial charge on any atom is -0.488 e. The van der Waals surface area contributed by atoms with E-state index >= 15 is 0 Å². The number of carbonyl (C=O) groups is 1. The standard InChI is InChI=1S/C21H33N3O5S/c1-14-10-24(15(2)13-25)21(26)18-9-17(22-30(4,27)28)7-8-19(18)29-20(14)12-23(3)11-16-5-6-16/h7-9,14-16,20,22,25H,5-6,10-13H2,1-4H3/t14-,15-,20-/m1/s1. The van der Waals surface area contributed by atoms with Gasteiger partial charge in [0.1, 0.15) is 11.9 Å². The molecule has 0 aromatic heterocycles. The smallest absolute Gasteiger partial charge is 0.258 e. The van der Waals surface area contributed by atoms with Crippen LogP contribution in [-0.4, -0.2) is 80.9 Å². The van der Waals surface area contributed by atoms with Crippen LogP contribution in [0, 0.1) is 11.8 Å². The summed E-state index contributed by atoms with van der Waals surface area (Å²) in [7, 11) is -1.39. The average molecular weight is 440 g/mol. The van der Waals surface area contributed by atoms with E-state index in [0.717, 1.165) is 25.3 Å². The maximum atomic E-state index is 13.3. The summed E-state index contributed by atoms with van der Waals surface area (Å²) in [6.45, 7) is 5.93. The summed E-state index contributed by atoms with van der Waals surface area (Å²) in [4.78, 5) is 17.2. The Balaban J connectivity index is 1.93. The summed E-state index contributed by atoms with van der Waals surface area (Å²) < 4.78 is 32.0. The Labute approximate surface area is 179 Å². The van der Waals surface area contributed by atoms with Gasteiger partial charge in [-0.1, -0.05) is 6.92 Å². The number of fused-ring (bicyclic) bond motifs is 1. The normalized spacial score (nSPS) is 23.4. The van der Waals surface area contributed by atoms with E-state index in [1.54, 1.807) is 24.0 Å². The van der Waals surface area contributed by atoms with E-state index in [0.29, 0.717) is 23.5 Å². The third-order valence-corrected chi connectivity index (χ3v) is 6.33. The average Bonchev–Trinajstić information content (AvgIpc) is 3.47. The lowest BCUT2D eigenvalue weighted by molar-refractivity contribution is 0.0344. The molecule has 0 saturated heterocycles. The molecule has 0 unspecified atom stereocenters. The molecule has 168 valence electrons. The molecule has 2 aliphatic rings. The van der Waals surface area contributed by atoms with Crippen molar-refractivity contribution in [3.63, 3.8) is 0 Å². The van der Waals surface area contributed by atoms with E-state index in [4.69, 9.17) is 4.74 Å². The molecule has 1 fully saturated rings. The van der Waals surface area contributed by atoms with Crippen LogP contribution in [0.15, 0.2) is 18.2 Å². The van der Waals surface area contributed by atoms with Gasteiger partial charge in [0.2, 0.25) is 10.0 Å². The number of nitrogens with zero attached hydrogens (tertiary/aromatic N) is 2. The predicted molar refractivity (Wildman–Crippen MR) is 116 cm³/mol. The van der Waals surface area contributed by atoms with Gasteiger partial charge in [-0.3, -0.25) is 9.52 Å². The van der Waals surface area contributed by atoms with Crippen LogP contribution in [0.2, 0.25) is 0 Å². The van der Waals surface area contributed by atoms with Crippen molar-refractivity contribution < 1.29 is 23.1 Å². The molecule has 0 radical (unpaired) electrons. The quantitative estimate of drug-likeness (QED) is 0.639. The highest BCUT2D eigenvalue weighted by Crippen LogP contribution is 2.32. The molecule has 30 heavy (non-hydrogen) atoms. The Hall–Kier alpha value is -1.84. The summed E-state index contributed by atoms with van der Waals surface area (Å²) in [5.41, 5.74) is 0.603. The molecule has 1 aliphatic heterocycles. The van der Waals surface area contributed by atoms with E-state index in [1.807, 2.05) is 0 Å².